The number of fused-ring (bicyclic) bond motifs is 1. The van der Waals surface area contributed by atoms with E-state index >= 15 is 0 Å². The Morgan fingerprint density at radius 1 is 1.26 bits per heavy atom. The Balaban J connectivity index is 1.82. The molecule has 0 fully saturated rings. The summed E-state index contributed by atoms with van der Waals surface area (Å²) in [5.74, 6) is 0.151. The van der Waals surface area contributed by atoms with Crippen LogP contribution < -0.4 is 24.4 Å². The largest absolute Gasteiger partial charge is 0.467 e. The van der Waals surface area contributed by atoms with Crippen molar-refractivity contribution in [3.8, 4) is 5.75 Å². The first-order valence-electron chi connectivity index (χ1n) is 10.7. The normalized spacial score (nSPS) is 14.0. The second-order valence-electron chi connectivity index (χ2n) is 7.89. The summed E-state index contributed by atoms with van der Waals surface area (Å²) in [7, 11) is 3.94. The lowest BCUT2D eigenvalue weighted by Crippen LogP contribution is -2.32. The number of halogens is 1. The van der Waals surface area contributed by atoms with Crippen LogP contribution in [-0.2, 0) is 27.4 Å². The number of hydrogen-bond donors (Lipinski definition) is 0. The van der Waals surface area contributed by atoms with E-state index in [-0.39, 0.29) is 25.5 Å². The van der Waals surface area contributed by atoms with Gasteiger partial charge in [0.25, 0.3) is 5.56 Å². The third kappa shape index (κ3) is 5.35. The Morgan fingerprint density at radius 3 is 2.74 bits per heavy atom. The average Bonchev–Trinajstić information content (AvgIpc) is 3.08. The molecule has 34 heavy (non-hydrogen) atoms. The Bertz CT molecular complexity index is 1380. The summed E-state index contributed by atoms with van der Waals surface area (Å²) < 4.78 is 18.7. The topological polar surface area (TPSA) is 70.0 Å². The fraction of sp³-hybridized carbons (Fsp3) is 0.280. The van der Waals surface area contributed by atoms with Crippen molar-refractivity contribution in [2.24, 2.45) is 0 Å². The molecular formula is C25H25ClN2O5S. The number of rotatable bonds is 6. The van der Waals surface area contributed by atoms with Crippen molar-refractivity contribution in [3.05, 3.63) is 77.7 Å². The van der Waals surface area contributed by atoms with Crippen LogP contribution in [0.1, 0.15) is 23.6 Å². The molecule has 2 heterocycles. The van der Waals surface area contributed by atoms with Gasteiger partial charge >= 0.3 is 5.97 Å². The number of ether oxygens (including phenoxy) is 3. The van der Waals surface area contributed by atoms with Gasteiger partial charge in [-0.15, -0.1) is 11.3 Å². The van der Waals surface area contributed by atoms with Crippen molar-refractivity contribution in [2.45, 2.75) is 20.1 Å². The predicted octanol–water partition coefficient (Wildman–Crippen LogP) is 2.72. The molecule has 0 N–H and O–H groups in total. The molecule has 0 saturated heterocycles. The zero-order valence-corrected chi connectivity index (χ0v) is 20.7. The SMILES string of the molecule is CCOC(=O)/C=c1\s/c(=C\c2ccc(N(C)C)cc2)c(=O)n1Cc1cc(Cl)cc2c1OCOC2. The van der Waals surface area contributed by atoms with Crippen LogP contribution in [0.15, 0.2) is 41.2 Å². The van der Waals surface area contributed by atoms with Gasteiger partial charge in [-0.2, -0.15) is 0 Å². The summed E-state index contributed by atoms with van der Waals surface area (Å²) in [6.07, 6.45) is 3.17. The first-order chi connectivity index (χ1) is 16.4. The van der Waals surface area contributed by atoms with E-state index in [2.05, 4.69) is 0 Å². The molecule has 0 bridgehead atoms. The van der Waals surface area contributed by atoms with Crippen LogP contribution in [0.3, 0.4) is 0 Å². The van der Waals surface area contributed by atoms with Crippen molar-refractivity contribution in [3.63, 3.8) is 0 Å². The molecule has 0 atom stereocenters. The molecule has 1 aromatic heterocycles. The van der Waals surface area contributed by atoms with Crippen molar-refractivity contribution in [1.29, 1.82) is 0 Å². The van der Waals surface area contributed by atoms with Gasteiger partial charge in [-0.3, -0.25) is 9.36 Å². The van der Waals surface area contributed by atoms with Gasteiger partial charge in [0.15, 0.2) is 6.79 Å². The number of esters is 1. The van der Waals surface area contributed by atoms with Gasteiger partial charge in [0.2, 0.25) is 0 Å². The zero-order valence-electron chi connectivity index (χ0n) is 19.2. The van der Waals surface area contributed by atoms with E-state index in [4.69, 9.17) is 25.8 Å². The molecule has 3 aromatic rings. The molecule has 0 unspecified atom stereocenters. The summed E-state index contributed by atoms with van der Waals surface area (Å²) in [6.45, 7) is 2.69. The highest BCUT2D eigenvalue weighted by Crippen LogP contribution is 2.31. The number of aromatic nitrogens is 1. The summed E-state index contributed by atoms with van der Waals surface area (Å²) >= 11 is 7.55. The van der Waals surface area contributed by atoms with E-state index < -0.39 is 5.97 Å². The molecule has 178 valence electrons. The predicted molar refractivity (Wildman–Crippen MR) is 134 cm³/mol. The first kappa shape index (κ1) is 24.1. The zero-order chi connectivity index (χ0) is 24.2. The first-order valence-corrected chi connectivity index (χ1v) is 11.9. The van der Waals surface area contributed by atoms with Gasteiger partial charge in [-0.1, -0.05) is 23.7 Å². The number of nitrogens with zero attached hydrogens (tertiary/aromatic N) is 2. The lowest BCUT2D eigenvalue weighted by molar-refractivity contribution is -0.135. The number of hydrogen-bond acceptors (Lipinski definition) is 7. The highest BCUT2D eigenvalue weighted by Gasteiger charge is 2.18. The van der Waals surface area contributed by atoms with Crippen LogP contribution >= 0.6 is 22.9 Å². The van der Waals surface area contributed by atoms with Crippen LogP contribution in [0.25, 0.3) is 12.2 Å². The molecular weight excluding hydrogens is 476 g/mol. The number of carbonyl (C=O) groups is 1. The van der Waals surface area contributed by atoms with Gasteiger partial charge in [0.05, 0.1) is 30.4 Å². The number of carbonyl (C=O) groups excluding carboxylic acids is 1. The number of anilines is 1. The van der Waals surface area contributed by atoms with Crippen molar-refractivity contribution < 1.29 is 19.0 Å². The lowest BCUT2D eigenvalue weighted by atomic mass is 10.1. The second kappa shape index (κ2) is 10.5. The summed E-state index contributed by atoms with van der Waals surface area (Å²) in [4.78, 5) is 27.7. The highest BCUT2D eigenvalue weighted by atomic mass is 35.5. The lowest BCUT2D eigenvalue weighted by Gasteiger charge is -2.21. The Hall–Kier alpha value is -3.07. The molecule has 1 aliphatic heterocycles. The number of thiazole rings is 1. The molecule has 0 radical (unpaired) electrons. The molecule has 4 rings (SSSR count). The maximum Gasteiger partial charge on any atom is 0.333 e. The summed E-state index contributed by atoms with van der Waals surface area (Å²) in [6, 6.07) is 11.4. The van der Waals surface area contributed by atoms with E-state index in [0.717, 1.165) is 22.4 Å². The molecule has 0 saturated carbocycles. The van der Waals surface area contributed by atoms with Crippen molar-refractivity contribution >= 4 is 46.7 Å². The van der Waals surface area contributed by atoms with Crippen LogP contribution in [-0.4, -0.2) is 38.0 Å². The fourth-order valence-corrected chi connectivity index (χ4v) is 4.94. The van der Waals surface area contributed by atoms with Gasteiger partial charge in [-0.25, -0.2) is 4.79 Å². The van der Waals surface area contributed by atoms with Crippen molar-refractivity contribution in [2.75, 3.05) is 32.4 Å². The van der Waals surface area contributed by atoms with Crippen molar-refractivity contribution in [1.82, 2.24) is 4.57 Å². The molecule has 7 nitrogen and oxygen atoms in total. The quantitative estimate of drug-likeness (QED) is 0.485. The van der Waals surface area contributed by atoms with Crippen LogP contribution in [0, 0.1) is 0 Å². The highest BCUT2D eigenvalue weighted by molar-refractivity contribution is 7.07. The van der Waals surface area contributed by atoms with Crippen LogP contribution in [0.2, 0.25) is 5.02 Å². The van der Waals surface area contributed by atoms with Crippen LogP contribution in [0.5, 0.6) is 5.75 Å². The summed E-state index contributed by atoms with van der Waals surface area (Å²) in [5.41, 5.74) is 3.30. The van der Waals surface area contributed by atoms with Gasteiger partial charge in [0.1, 0.15) is 10.4 Å². The Labute approximate surface area is 206 Å². The maximum absolute atomic E-state index is 13.4. The van der Waals surface area contributed by atoms with Gasteiger partial charge in [-0.05, 0) is 42.8 Å². The minimum Gasteiger partial charge on any atom is -0.467 e. The second-order valence-corrected chi connectivity index (χ2v) is 9.39. The minimum atomic E-state index is -0.503. The van der Waals surface area contributed by atoms with E-state index in [1.165, 1.54) is 17.4 Å². The summed E-state index contributed by atoms with van der Waals surface area (Å²) in [5, 5.41) is 0.523. The Morgan fingerprint density at radius 2 is 2.03 bits per heavy atom. The van der Waals surface area contributed by atoms with E-state index in [9.17, 15) is 9.59 Å². The standard InChI is InChI=1S/C25H25ClN2O5S/c1-4-32-23(29)12-22-28(13-17-10-19(26)11-18-14-31-15-33-24(17)18)25(30)21(34-22)9-16-5-7-20(8-6-16)27(2)3/h5-12H,4,13-15H2,1-3H3/b21-9-,22-12-. The van der Waals surface area contributed by atoms with E-state index in [1.54, 1.807) is 23.6 Å². The number of benzene rings is 2. The molecule has 9 heteroatoms. The molecule has 2 aromatic carbocycles. The Kier molecular flexibility index (Phi) is 7.41. The molecule has 1 aliphatic rings. The molecule has 0 amide bonds. The fourth-order valence-electron chi connectivity index (χ4n) is 3.64. The van der Waals surface area contributed by atoms with Crippen LogP contribution in [0.4, 0.5) is 5.69 Å². The third-order valence-corrected chi connectivity index (χ3v) is 6.53. The van der Waals surface area contributed by atoms with E-state index in [1.807, 2.05) is 49.3 Å². The third-order valence-electron chi connectivity index (χ3n) is 5.25. The van der Waals surface area contributed by atoms with Gasteiger partial charge in [0, 0.05) is 35.9 Å². The molecule has 0 spiro atoms. The molecule has 0 aliphatic carbocycles. The average molecular weight is 501 g/mol. The smallest absolute Gasteiger partial charge is 0.333 e. The minimum absolute atomic E-state index is 0.129. The maximum atomic E-state index is 13.4. The van der Waals surface area contributed by atoms with Gasteiger partial charge < -0.3 is 19.1 Å². The monoisotopic (exact) mass is 500 g/mol. The van der Waals surface area contributed by atoms with E-state index in [0.29, 0.717) is 26.6 Å².